The Labute approximate surface area is 94.5 Å². The molecule has 1 aliphatic carbocycles. The summed E-state index contributed by atoms with van der Waals surface area (Å²) < 4.78 is 2.33. The maximum atomic E-state index is 5.94. The number of nitrogens with two attached hydrogens (primary N) is 1. The van der Waals surface area contributed by atoms with Crippen LogP contribution in [0.15, 0.2) is 6.33 Å². The molecule has 0 aromatic carbocycles. The van der Waals surface area contributed by atoms with Crippen molar-refractivity contribution in [1.29, 1.82) is 0 Å². The Hall–Kier alpha value is -1.58. The van der Waals surface area contributed by atoms with Gasteiger partial charge in [-0.15, -0.1) is 0 Å². The Bertz CT molecular complexity index is 578. The van der Waals surface area contributed by atoms with Gasteiger partial charge < -0.3 is 10.3 Å². The van der Waals surface area contributed by atoms with Crippen molar-refractivity contribution in [3.63, 3.8) is 0 Å². The average Bonchev–Trinajstić information content (AvgIpc) is 2.90. The molecule has 1 fully saturated rings. The molecule has 2 aromatic rings. The van der Waals surface area contributed by atoms with Crippen molar-refractivity contribution in [2.75, 3.05) is 5.73 Å². The predicted molar refractivity (Wildman–Crippen MR) is 64.3 cm³/mol. The molecule has 1 saturated carbocycles. The van der Waals surface area contributed by atoms with Crippen LogP contribution in [-0.4, -0.2) is 14.5 Å². The Morgan fingerprint density at radius 2 is 2.00 bits per heavy atom. The number of anilines is 1. The van der Waals surface area contributed by atoms with Crippen LogP contribution in [0.1, 0.15) is 31.0 Å². The Morgan fingerprint density at radius 1 is 1.31 bits per heavy atom. The Kier molecular flexibility index (Phi) is 1.66. The molecule has 1 aliphatic rings. The molecule has 16 heavy (non-hydrogen) atoms. The minimum absolute atomic E-state index is 0.247. The van der Waals surface area contributed by atoms with Crippen LogP contribution in [0.2, 0.25) is 0 Å². The third-order valence-electron chi connectivity index (χ3n) is 3.83. The van der Waals surface area contributed by atoms with Gasteiger partial charge in [0.25, 0.3) is 0 Å². The minimum atomic E-state index is 0.247. The lowest BCUT2D eigenvalue weighted by Gasteiger charge is -2.15. The van der Waals surface area contributed by atoms with Crippen LogP contribution in [0, 0.1) is 13.8 Å². The summed E-state index contributed by atoms with van der Waals surface area (Å²) >= 11 is 0. The standard InChI is InChI=1S/C12H16N4/c1-7-8(2)16(12(3)4-5-12)11-9(7)10(13)14-6-15-11/h6H,4-5H2,1-3H3,(H2,13,14,15). The fourth-order valence-electron chi connectivity index (χ4n) is 2.49. The van der Waals surface area contributed by atoms with Crippen LogP contribution in [0.4, 0.5) is 5.82 Å². The first-order chi connectivity index (χ1) is 7.54. The number of rotatable bonds is 1. The summed E-state index contributed by atoms with van der Waals surface area (Å²) in [5, 5.41) is 1.02. The molecule has 0 aliphatic heterocycles. The van der Waals surface area contributed by atoms with Crippen molar-refractivity contribution in [3.8, 4) is 0 Å². The van der Waals surface area contributed by atoms with Crippen molar-refractivity contribution < 1.29 is 0 Å². The van der Waals surface area contributed by atoms with Crippen LogP contribution in [0.3, 0.4) is 0 Å². The molecule has 0 amide bonds. The summed E-state index contributed by atoms with van der Waals surface area (Å²) in [6.45, 7) is 6.51. The highest BCUT2D eigenvalue weighted by atomic mass is 15.2. The third kappa shape index (κ3) is 1.04. The van der Waals surface area contributed by atoms with E-state index in [0.29, 0.717) is 5.82 Å². The lowest BCUT2D eigenvalue weighted by molar-refractivity contribution is 0.534. The van der Waals surface area contributed by atoms with Crippen LogP contribution in [-0.2, 0) is 5.54 Å². The summed E-state index contributed by atoms with van der Waals surface area (Å²) in [6.07, 6.45) is 4.00. The minimum Gasteiger partial charge on any atom is -0.383 e. The lowest BCUT2D eigenvalue weighted by atomic mass is 10.2. The van der Waals surface area contributed by atoms with Gasteiger partial charge in [0, 0.05) is 11.2 Å². The topological polar surface area (TPSA) is 56.7 Å². The molecule has 2 N–H and O–H groups in total. The number of nitrogens with zero attached hydrogens (tertiary/aromatic N) is 3. The fraction of sp³-hybridized carbons (Fsp3) is 0.500. The van der Waals surface area contributed by atoms with E-state index in [4.69, 9.17) is 5.73 Å². The molecular weight excluding hydrogens is 200 g/mol. The molecule has 3 rings (SSSR count). The Balaban J connectivity index is 2.45. The van der Waals surface area contributed by atoms with Gasteiger partial charge in [0.2, 0.25) is 0 Å². The SMILES string of the molecule is Cc1c(C)n(C2(C)CC2)c2ncnc(N)c12. The number of aryl methyl sites for hydroxylation is 1. The second-order valence-electron chi connectivity index (χ2n) is 5.00. The zero-order chi connectivity index (χ0) is 11.5. The van der Waals surface area contributed by atoms with E-state index >= 15 is 0 Å². The van der Waals surface area contributed by atoms with Gasteiger partial charge >= 0.3 is 0 Å². The van der Waals surface area contributed by atoms with Crippen molar-refractivity contribution in [2.45, 2.75) is 39.2 Å². The molecule has 4 heteroatoms. The lowest BCUT2D eigenvalue weighted by Crippen LogP contribution is -2.14. The molecule has 0 unspecified atom stereocenters. The first kappa shape index (κ1) is 9.63. The van der Waals surface area contributed by atoms with Crippen molar-refractivity contribution in [2.24, 2.45) is 0 Å². The van der Waals surface area contributed by atoms with Gasteiger partial charge in [-0.25, -0.2) is 9.97 Å². The molecule has 0 saturated heterocycles. The van der Waals surface area contributed by atoms with Crippen LogP contribution >= 0.6 is 0 Å². The quantitative estimate of drug-likeness (QED) is 0.794. The van der Waals surface area contributed by atoms with E-state index in [-0.39, 0.29) is 5.54 Å². The second-order valence-corrected chi connectivity index (χ2v) is 5.00. The molecule has 4 nitrogen and oxygen atoms in total. The van der Waals surface area contributed by atoms with Crippen LogP contribution in [0.5, 0.6) is 0 Å². The normalized spacial score (nSPS) is 17.9. The van der Waals surface area contributed by atoms with E-state index in [1.165, 1.54) is 24.1 Å². The van der Waals surface area contributed by atoms with Crippen molar-refractivity contribution in [3.05, 3.63) is 17.6 Å². The van der Waals surface area contributed by atoms with E-state index < -0.39 is 0 Å². The van der Waals surface area contributed by atoms with Crippen LogP contribution < -0.4 is 5.73 Å². The highest BCUT2D eigenvalue weighted by Gasteiger charge is 2.41. The van der Waals surface area contributed by atoms with Gasteiger partial charge in [-0.3, -0.25) is 0 Å². The van der Waals surface area contributed by atoms with E-state index in [1.54, 1.807) is 6.33 Å². The zero-order valence-corrected chi connectivity index (χ0v) is 9.91. The van der Waals surface area contributed by atoms with Gasteiger partial charge in [0.15, 0.2) is 0 Å². The third-order valence-corrected chi connectivity index (χ3v) is 3.83. The number of fused-ring (bicyclic) bond motifs is 1. The molecule has 0 bridgehead atoms. The van der Waals surface area contributed by atoms with E-state index in [0.717, 1.165) is 11.0 Å². The highest BCUT2D eigenvalue weighted by molar-refractivity contribution is 5.91. The highest BCUT2D eigenvalue weighted by Crippen LogP contribution is 2.46. The molecule has 2 aromatic heterocycles. The van der Waals surface area contributed by atoms with Gasteiger partial charge in [0.1, 0.15) is 17.8 Å². The number of nitrogen functional groups attached to an aromatic ring is 1. The zero-order valence-electron chi connectivity index (χ0n) is 9.91. The number of aromatic nitrogens is 3. The summed E-state index contributed by atoms with van der Waals surface area (Å²) in [5.41, 5.74) is 9.65. The molecule has 0 spiro atoms. The maximum absolute atomic E-state index is 5.94. The van der Waals surface area contributed by atoms with E-state index in [2.05, 4.69) is 35.3 Å². The van der Waals surface area contributed by atoms with Crippen molar-refractivity contribution in [1.82, 2.24) is 14.5 Å². The maximum Gasteiger partial charge on any atom is 0.146 e. The Morgan fingerprint density at radius 3 is 2.62 bits per heavy atom. The predicted octanol–water partition coefficient (Wildman–Crippen LogP) is 2.14. The van der Waals surface area contributed by atoms with Gasteiger partial charge in [-0.2, -0.15) is 0 Å². The smallest absolute Gasteiger partial charge is 0.146 e. The van der Waals surface area contributed by atoms with Gasteiger partial charge in [-0.1, -0.05) is 0 Å². The van der Waals surface area contributed by atoms with Gasteiger partial charge in [-0.05, 0) is 39.2 Å². The summed E-state index contributed by atoms with van der Waals surface area (Å²) in [5.74, 6) is 0.591. The molecule has 0 atom stereocenters. The fourth-order valence-corrected chi connectivity index (χ4v) is 2.49. The molecule has 84 valence electrons. The summed E-state index contributed by atoms with van der Waals surface area (Å²) in [6, 6.07) is 0. The van der Waals surface area contributed by atoms with E-state index in [1.807, 2.05) is 0 Å². The van der Waals surface area contributed by atoms with E-state index in [9.17, 15) is 0 Å². The monoisotopic (exact) mass is 216 g/mol. The first-order valence-corrected chi connectivity index (χ1v) is 5.63. The molecule has 0 radical (unpaired) electrons. The summed E-state index contributed by atoms with van der Waals surface area (Å²) in [7, 11) is 0. The number of hydrogen-bond donors (Lipinski definition) is 1. The molecular formula is C12H16N4. The summed E-state index contributed by atoms with van der Waals surface area (Å²) in [4.78, 5) is 8.48. The first-order valence-electron chi connectivity index (χ1n) is 5.63. The van der Waals surface area contributed by atoms with Gasteiger partial charge in [0.05, 0.1) is 5.39 Å². The second kappa shape index (κ2) is 2.75. The van der Waals surface area contributed by atoms with Crippen molar-refractivity contribution >= 4 is 16.9 Å². The average molecular weight is 216 g/mol. The molecule has 2 heterocycles. The largest absolute Gasteiger partial charge is 0.383 e. The number of hydrogen-bond acceptors (Lipinski definition) is 3. The van der Waals surface area contributed by atoms with Crippen LogP contribution in [0.25, 0.3) is 11.0 Å².